The number of amides is 1. The van der Waals surface area contributed by atoms with E-state index in [4.69, 9.17) is 0 Å². The van der Waals surface area contributed by atoms with E-state index in [1.54, 1.807) is 4.68 Å². The van der Waals surface area contributed by atoms with Crippen molar-refractivity contribution in [3.05, 3.63) is 77.6 Å². The number of anilines is 1. The van der Waals surface area contributed by atoms with Crippen LogP contribution in [0.5, 0.6) is 0 Å². The standard InChI is InChI=1S/C22H22N4O/c1-15-7-10-18(11-8-15)26-21(13-16(2)25-26)24-22(27)12-9-17-14-23-20-6-4-3-5-19(17)20/h3-8,10-11,13-14,23H,9,12H2,1-2H3,(H,24,27). The minimum absolute atomic E-state index is 0.0199. The molecule has 2 aromatic carbocycles. The summed E-state index contributed by atoms with van der Waals surface area (Å²) in [5.74, 6) is 0.675. The molecule has 0 radical (unpaired) electrons. The molecule has 5 heteroatoms. The topological polar surface area (TPSA) is 62.7 Å². The van der Waals surface area contributed by atoms with Gasteiger partial charge < -0.3 is 10.3 Å². The van der Waals surface area contributed by atoms with Crippen molar-refractivity contribution in [2.24, 2.45) is 0 Å². The maximum atomic E-state index is 12.5. The summed E-state index contributed by atoms with van der Waals surface area (Å²) in [5, 5.41) is 8.69. The molecule has 0 bridgehead atoms. The van der Waals surface area contributed by atoms with Crippen molar-refractivity contribution in [1.29, 1.82) is 0 Å². The maximum Gasteiger partial charge on any atom is 0.225 e. The highest BCUT2D eigenvalue weighted by Crippen LogP contribution is 2.20. The second-order valence-corrected chi connectivity index (χ2v) is 6.83. The summed E-state index contributed by atoms with van der Waals surface area (Å²) >= 11 is 0. The smallest absolute Gasteiger partial charge is 0.225 e. The largest absolute Gasteiger partial charge is 0.361 e. The molecule has 0 spiro atoms. The van der Waals surface area contributed by atoms with Gasteiger partial charge >= 0.3 is 0 Å². The molecule has 2 heterocycles. The summed E-state index contributed by atoms with van der Waals surface area (Å²) in [7, 11) is 0. The van der Waals surface area contributed by atoms with Gasteiger partial charge in [0.1, 0.15) is 5.82 Å². The first-order chi connectivity index (χ1) is 13.1. The number of hydrogen-bond acceptors (Lipinski definition) is 2. The lowest BCUT2D eigenvalue weighted by Gasteiger charge is -2.09. The summed E-state index contributed by atoms with van der Waals surface area (Å²) in [6.45, 7) is 3.97. The quantitative estimate of drug-likeness (QED) is 0.550. The number of carbonyl (C=O) groups excluding carboxylic acids is 1. The molecule has 136 valence electrons. The molecule has 27 heavy (non-hydrogen) atoms. The fraction of sp³-hybridized carbons (Fsp3) is 0.182. The van der Waals surface area contributed by atoms with E-state index < -0.39 is 0 Å². The van der Waals surface area contributed by atoms with Gasteiger partial charge in [-0.15, -0.1) is 0 Å². The van der Waals surface area contributed by atoms with Crippen molar-refractivity contribution in [2.75, 3.05) is 5.32 Å². The molecule has 0 aliphatic rings. The van der Waals surface area contributed by atoms with Crippen molar-refractivity contribution >= 4 is 22.6 Å². The van der Waals surface area contributed by atoms with E-state index in [9.17, 15) is 4.79 Å². The van der Waals surface area contributed by atoms with Crippen LogP contribution in [0, 0.1) is 13.8 Å². The molecule has 2 N–H and O–H groups in total. The van der Waals surface area contributed by atoms with Crippen LogP contribution < -0.4 is 5.32 Å². The number of H-pyrrole nitrogens is 1. The zero-order valence-electron chi connectivity index (χ0n) is 15.5. The highest BCUT2D eigenvalue weighted by molar-refractivity contribution is 5.91. The molecule has 0 aliphatic carbocycles. The normalized spacial score (nSPS) is 11.0. The van der Waals surface area contributed by atoms with Crippen LogP contribution in [0.4, 0.5) is 5.82 Å². The van der Waals surface area contributed by atoms with Crippen molar-refractivity contribution in [3.63, 3.8) is 0 Å². The number of hydrogen-bond donors (Lipinski definition) is 2. The lowest BCUT2D eigenvalue weighted by molar-refractivity contribution is -0.116. The zero-order chi connectivity index (χ0) is 18.8. The van der Waals surface area contributed by atoms with Gasteiger partial charge in [0.05, 0.1) is 11.4 Å². The van der Waals surface area contributed by atoms with Gasteiger partial charge in [-0.25, -0.2) is 4.68 Å². The Bertz CT molecular complexity index is 1090. The predicted molar refractivity (Wildman–Crippen MR) is 108 cm³/mol. The van der Waals surface area contributed by atoms with Crippen LogP contribution in [0.1, 0.15) is 23.2 Å². The first-order valence-electron chi connectivity index (χ1n) is 9.09. The fourth-order valence-corrected chi connectivity index (χ4v) is 3.26. The van der Waals surface area contributed by atoms with Crippen molar-refractivity contribution in [1.82, 2.24) is 14.8 Å². The molecule has 4 aromatic rings. The van der Waals surface area contributed by atoms with Crippen molar-refractivity contribution in [2.45, 2.75) is 26.7 Å². The molecule has 1 amide bonds. The number of para-hydroxylation sites is 1. The Kier molecular flexibility index (Phi) is 4.50. The van der Waals surface area contributed by atoms with E-state index in [2.05, 4.69) is 21.5 Å². The SMILES string of the molecule is Cc1ccc(-n2nc(C)cc2NC(=O)CCc2c[nH]c3ccccc23)cc1. The van der Waals surface area contributed by atoms with Gasteiger partial charge in [0, 0.05) is 29.6 Å². The molecular weight excluding hydrogens is 336 g/mol. The van der Waals surface area contributed by atoms with E-state index in [1.165, 1.54) is 10.9 Å². The van der Waals surface area contributed by atoms with E-state index in [1.807, 2.05) is 68.6 Å². The number of fused-ring (bicyclic) bond motifs is 1. The van der Waals surface area contributed by atoms with E-state index in [0.29, 0.717) is 18.7 Å². The minimum atomic E-state index is -0.0199. The summed E-state index contributed by atoms with van der Waals surface area (Å²) in [6, 6.07) is 18.1. The summed E-state index contributed by atoms with van der Waals surface area (Å²) in [4.78, 5) is 15.8. The minimum Gasteiger partial charge on any atom is -0.361 e. The Morgan fingerprint density at radius 2 is 1.89 bits per heavy atom. The average molecular weight is 358 g/mol. The number of aryl methyl sites for hydroxylation is 3. The fourth-order valence-electron chi connectivity index (χ4n) is 3.26. The number of aromatic amines is 1. The zero-order valence-corrected chi connectivity index (χ0v) is 15.5. The first-order valence-corrected chi connectivity index (χ1v) is 9.09. The molecule has 5 nitrogen and oxygen atoms in total. The summed E-state index contributed by atoms with van der Waals surface area (Å²) in [6.07, 6.45) is 3.09. The Morgan fingerprint density at radius 3 is 2.70 bits per heavy atom. The van der Waals surface area contributed by atoms with Crippen molar-refractivity contribution in [3.8, 4) is 5.69 Å². The van der Waals surface area contributed by atoms with Gasteiger partial charge in [0.2, 0.25) is 5.91 Å². The van der Waals surface area contributed by atoms with Gasteiger partial charge in [-0.2, -0.15) is 5.10 Å². The molecule has 0 atom stereocenters. The highest BCUT2D eigenvalue weighted by Gasteiger charge is 2.12. The molecule has 0 saturated carbocycles. The Balaban J connectivity index is 1.48. The van der Waals surface area contributed by atoms with Gasteiger partial charge in [0.25, 0.3) is 0 Å². The first kappa shape index (κ1) is 17.1. The maximum absolute atomic E-state index is 12.5. The lowest BCUT2D eigenvalue weighted by atomic mass is 10.1. The second-order valence-electron chi connectivity index (χ2n) is 6.83. The number of rotatable bonds is 5. The van der Waals surface area contributed by atoms with Gasteiger partial charge in [-0.05, 0) is 44.0 Å². The molecule has 2 aromatic heterocycles. The number of benzene rings is 2. The molecule has 0 unspecified atom stereocenters. The van der Waals surface area contributed by atoms with E-state index >= 15 is 0 Å². The Morgan fingerprint density at radius 1 is 1.11 bits per heavy atom. The van der Waals surface area contributed by atoms with E-state index in [-0.39, 0.29) is 5.91 Å². The monoisotopic (exact) mass is 358 g/mol. The van der Waals surface area contributed by atoms with Crippen LogP contribution in [0.15, 0.2) is 60.8 Å². The van der Waals surface area contributed by atoms with Crippen molar-refractivity contribution < 1.29 is 4.79 Å². The van der Waals surface area contributed by atoms with Crippen LogP contribution in [0.3, 0.4) is 0 Å². The molecular formula is C22H22N4O. The third-order valence-electron chi connectivity index (χ3n) is 4.67. The lowest BCUT2D eigenvalue weighted by Crippen LogP contribution is -2.15. The Labute approximate surface area is 158 Å². The molecule has 0 saturated heterocycles. The van der Waals surface area contributed by atoms with E-state index in [0.717, 1.165) is 22.5 Å². The number of nitrogens with one attached hydrogen (secondary N) is 2. The number of carbonyl (C=O) groups is 1. The van der Waals surface area contributed by atoms with Crippen LogP contribution in [-0.2, 0) is 11.2 Å². The Hall–Kier alpha value is -3.34. The van der Waals surface area contributed by atoms with Gasteiger partial charge in [-0.1, -0.05) is 35.9 Å². The van der Waals surface area contributed by atoms with Crippen LogP contribution in [0.2, 0.25) is 0 Å². The highest BCUT2D eigenvalue weighted by atomic mass is 16.1. The van der Waals surface area contributed by atoms with Gasteiger partial charge in [-0.3, -0.25) is 4.79 Å². The average Bonchev–Trinajstić information content (AvgIpc) is 3.24. The third-order valence-corrected chi connectivity index (χ3v) is 4.67. The molecule has 0 fully saturated rings. The summed E-state index contributed by atoms with van der Waals surface area (Å²) < 4.78 is 1.78. The van der Waals surface area contributed by atoms with Crippen LogP contribution in [-0.4, -0.2) is 20.7 Å². The third kappa shape index (κ3) is 3.62. The number of aromatic nitrogens is 3. The second kappa shape index (κ2) is 7.11. The van der Waals surface area contributed by atoms with Gasteiger partial charge in [0.15, 0.2) is 0 Å². The molecule has 4 rings (SSSR count). The van der Waals surface area contributed by atoms with Crippen LogP contribution >= 0.6 is 0 Å². The molecule has 0 aliphatic heterocycles. The number of nitrogens with zero attached hydrogens (tertiary/aromatic N) is 2. The van der Waals surface area contributed by atoms with Crippen LogP contribution in [0.25, 0.3) is 16.6 Å². The summed E-state index contributed by atoms with van der Waals surface area (Å²) in [5.41, 5.74) is 5.24. The predicted octanol–water partition coefficient (Wildman–Crippen LogP) is 4.54.